The van der Waals surface area contributed by atoms with E-state index >= 15 is 0 Å². The summed E-state index contributed by atoms with van der Waals surface area (Å²) in [5.74, 6) is -0.161. The molecule has 1 amide bonds. The van der Waals surface area contributed by atoms with Gasteiger partial charge in [0.15, 0.2) is 0 Å². The molecule has 0 aliphatic heterocycles. The lowest BCUT2D eigenvalue weighted by Crippen LogP contribution is -2.32. The normalized spacial score (nSPS) is 11.2. The Kier molecular flexibility index (Phi) is 4.06. The molecular formula is C10H15N3O3S. The molecule has 1 rings (SSSR count). The summed E-state index contributed by atoms with van der Waals surface area (Å²) in [4.78, 5) is 17.0. The molecule has 1 aromatic rings. The largest absolute Gasteiger partial charge is 0.384 e. The van der Waals surface area contributed by atoms with Crippen LogP contribution in [0.5, 0.6) is 0 Å². The summed E-state index contributed by atoms with van der Waals surface area (Å²) in [6.07, 6.45) is 1.13. The minimum Gasteiger partial charge on any atom is -0.384 e. The summed E-state index contributed by atoms with van der Waals surface area (Å²) in [6, 6.07) is 4.74. The van der Waals surface area contributed by atoms with E-state index in [1.165, 1.54) is 18.0 Å². The van der Waals surface area contributed by atoms with E-state index in [0.717, 1.165) is 6.26 Å². The smallest absolute Gasteiger partial charge is 0.272 e. The van der Waals surface area contributed by atoms with Crippen molar-refractivity contribution in [3.05, 3.63) is 23.9 Å². The zero-order chi connectivity index (χ0) is 13.1. The van der Waals surface area contributed by atoms with Gasteiger partial charge in [-0.15, -0.1) is 0 Å². The highest BCUT2D eigenvalue weighted by molar-refractivity contribution is 7.90. The molecule has 0 bridgehead atoms. The van der Waals surface area contributed by atoms with Crippen molar-refractivity contribution in [2.75, 3.05) is 31.3 Å². The Morgan fingerprint density at radius 1 is 1.47 bits per heavy atom. The maximum Gasteiger partial charge on any atom is 0.272 e. The van der Waals surface area contributed by atoms with Crippen LogP contribution in [0, 0.1) is 0 Å². The average Bonchev–Trinajstić information content (AvgIpc) is 2.24. The molecule has 0 fully saturated rings. The minimum atomic E-state index is -3.08. The highest BCUT2D eigenvalue weighted by Crippen LogP contribution is 2.03. The lowest BCUT2D eigenvalue weighted by atomic mass is 10.3. The molecule has 0 unspecified atom stereocenters. The van der Waals surface area contributed by atoms with Gasteiger partial charge in [-0.25, -0.2) is 13.4 Å². The summed E-state index contributed by atoms with van der Waals surface area (Å²) in [5.41, 5.74) is 5.67. The molecule has 17 heavy (non-hydrogen) atoms. The highest BCUT2D eigenvalue weighted by Gasteiger charge is 2.14. The third-order valence-electron chi connectivity index (χ3n) is 2.13. The number of nitrogen functional groups attached to an aromatic ring is 1. The van der Waals surface area contributed by atoms with Gasteiger partial charge in [0.1, 0.15) is 21.3 Å². The molecule has 2 N–H and O–H groups in total. The zero-order valence-corrected chi connectivity index (χ0v) is 10.6. The summed E-state index contributed by atoms with van der Waals surface area (Å²) < 4.78 is 22.0. The van der Waals surface area contributed by atoms with Crippen molar-refractivity contribution in [3.8, 4) is 0 Å². The number of carbonyl (C=O) groups excluding carboxylic acids is 1. The van der Waals surface area contributed by atoms with Crippen LogP contribution in [0.25, 0.3) is 0 Å². The lowest BCUT2D eigenvalue weighted by Gasteiger charge is -2.15. The van der Waals surface area contributed by atoms with Gasteiger partial charge in [-0.1, -0.05) is 6.07 Å². The van der Waals surface area contributed by atoms with Crippen LogP contribution in [0.3, 0.4) is 0 Å². The van der Waals surface area contributed by atoms with Gasteiger partial charge in [0.25, 0.3) is 5.91 Å². The van der Waals surface area contributed by atoms with Gasteiger partial charge < -0.3 is 10.6 Å². The zero-order valence-electron chi connectivity index (χ0n) is 9.75. The number of anilines is 1. The van der Waals surface area contributed by atoms with Crippen LogP contribution in [-0.2, 0) is 9.84 Å². The standard InChI is InChI=1S/C10H15N3O3S/c1-13(6-7-17(2,15)16)10(14)8-4-3-5-9(11)12-8/h3-5H,6-7H2,1-2H3,(H2,11,12). The summed E-state index contributed by atoms with van der Waals surface area (Å²) in [5, 5.41) is 0. The fourth-order valence-electron chi connectivity index (χ4n) is 1.17. The van der Waals surface area contributed by atoms with Gasteiger partial charge >= 0.3 is 0 Å². The number of pyridine rings is 1. The fraction of sp³-hybridized carbons (Fsp3) is 0.400. The second kappa shape index (κ2) is 5.13. The SMILES string of the molecule is CN(CCS(C)(=O)=O)C(=O)c1cccc(N)n1. The summed E-state index contributed by atoms with van der Waals surface area (Å²) >= 11 is 0. The molecule has 1 aromatic heterocycles. The monoisotopic (exact) mass is 257 g/mol. The molecular weight excluding hydrogens is 242 g/mol. The molecule has 0 atom stereocenters. The van der Waals surface area contributed by atoms with Crippen LogP contribution in [0.15, 0.2) is 18.2 Å². The molecule has 94 valence electrons. The van der Waals surface area contributed by atoms with Crippen molar-refractivity contribution in [3.63, 3.8) is 0 Å². The van der Waals surface area contributed by atoms with Gasteiger partial charge in [-0.2, -0.15) is 0 Å². The number of rotatable bonds is 4. The number of hydrogen-bond donors (Lipinski definition) is 1. The van der Waals surface area contributed by atoms with Crippen LogP contribution in [-0.4, -0.2) is 49.8 Å². The van der Waals surface area contributed by atoms with Crippen molar-refractivity contribution in [1.82, 2.24) is 9.88 Å². The van der Waals surface area contributed by atoms with Gasteiger partial charge in [0.05, 0.1) is 5.75 Å². The van der Waals surface area contributed by atoms with Crippen LogP contribution in [0.2, 0.25) is 0 Å². The maximum absolute atomic E-state index is 11.8. The Labute approximate surface area is 100 Å². The third kappa shape index (κ3) is 4.39. The topological polar surface area (TPSA) is 93.4 Å². The number of nitrogens with zero attached hydrogens (tertiary/aromatic N) is 2. The third-order valence-corrected chi connectivity index (χ3v) is 3.06. The number of sulfone groups is 1. The van der Waals surface area contributed by atoms with Gasteiger partial charge in [0.2, 0.25) is 0 Å². The first-order valence-corrected chi connectivity index (χ1v) is 7.01. The van der Waals surface area contributed by atoms with E-state index in [4.69, 9.17) is 5.73 Å². The van der Waals surface area contributed by atoms with E-state index in [9.17, 15) is 13.2 Å². The second-order valence-corrected chi connectivity index (χ2v) is 6.06. The predicted molar refractivity (Wildman–Crippen MR) is 65.3 cm³/mol. The van der Waals surface area contributed by atoms with Crippen LogP contribution >= 0.6 is 0 Å². The first-order chi connectivity index (χ1) is 7.79. The van der Waals surface area contributed by atoms with E-state index in [2.05, 4.69) is 4.98 Å². The number of carbonyl (C=O) groups is 1. The number of aromatic nitrogens is 1. The average molecular weight is 257 g/mol. The van der Waals surface area contributed by atoms with E-state index in [0.29, 0.717) is 0 Å². The van der Waals surface area contributed by atoms with Crippen molar-refractivity contribution in [1.29, 1.82) is 0 Å². The molecule has 0 spiro atoms. The van der Waals surface area contributed by atoms with Crippen molar-refractivity contribution < 1.29 is 13.2 Å². The molecule has 0 saturated carbocycles. The second-order valence-electron chi connectivity index (χ2n) is 3.80. The number of amides is 1. The Bertz CT molecular complexity index is 513. The summed E-state index contributed by atoms with van der Waals surface area (Å²) in [6.45, 7) is 0.133. The Morgan fingerprint density at radius 3 is 2.65 bits per heavy atom. The molecule has 1 heterocycles. The van der Waals surface area contributed by atoms with Gasteiger partial charge in [-0.05, 0) is 12.1 Å². The molecule has 0 aromatic carbocycles. The first-order valence-electron chi connectivity index (χ1n) is 4.95. The van der Waals surface area contributed by atoms with Crippen LogP contribution in [0.1, 0.15) is 10.5 Å². The highest BCUT2D eigenvalue weighted by atomic mass is 32.2. The maximum atomic E-state index is 11.8. The quantitative estimate of drug-likeness (QED) is 0.805. The molecule has 0 saturated heterocycles. The van der Waals surface area contributed by atoms with Crippen molar-refractivity contribution in [2.45, 2.75) is 0 Å². The number of nitrogens with two attached hydrogens (primary N) is 1. The predicted octanol–water partition coefficient (Wildman–Crippen LogP) is -0.220. The molecule has 7 heteroatoms. The molecule has 0 aliphatic carbocycles. The van der Waals surface area contributed by atoms with Crippen molar-refractivity contribution >= 4 is 21.6 Å². The van der Waals surface area contributed by atoms with E-state index in [1.807, 2.05) is 0 Å². The first kappa shape index (κ1) is 13.4. The Hall–Kier alpha value is -1.63. The van der Waals surface area contributed by atoms with Gasteiger partial charge in [-0.3, -0.25) is 4.79 Å². The Morgan fingerprint density at radius 2 is 2.12 bits per heavy atom. The molecule has 0 radical (unpaired) electrons. The van der Waals surface area contributed by atoms with E-state index in [-0.39, 0.29) is 29.7 Å². The Balaban J connectivity index is 2.70. The lowest BCUT2D eigenvalue weighted by molar-refractivity contribution is 0.0798. The van der Waals surface area contributed by atoms with E-state index < -0.39 is 9.84 Å². The summed E-state index contributed by atoms with van der Waals surface area (Å²) in [7, 11) is -1.56. The van der Waals surface area contributed by atoms with Crippen LogP contribution < -0.4 is 5.73 Å². The molecule has 0 aliphatic rings. The number of hydrogen-bond acceptors (Lipinski definition) is 5. The van der Waals surface area contributed by atoms with E-state index in [1.54, 1.807) is 12.1 Å². The van der Waals surface area contributed by atoms with Gasteiger partial charge in [0, 0.05) is 19.8 Å². The fourth-order valence-corrected chi connectivity index (χ4v) is 1.78. The van der Waals surface area contributed by atoms with Crippen LogP contribution in [0.4, 0.5) is 5.82 Å². The van der Waals surface area contributed by atoms with Crippen molar-refractivity contribution in [2.24, 2.45) is 0 Å². The molecule has 6 nitrogen and oxygen atoms in total. The minimum absolute atomic E-state index is 0.0719.